The van der Waals surface area contributed by atoms with Crippen LogP contribution in [-0.2, 0) is 5.41 Å². The van der Waals surface area contributed by atoms with Crippen LogP contribution in [0.5, 0.6) is 0 Å². The van der Waals surface area contributed by atoms with Crippen LogP contribution in [-0.4, -0.2) is 31.1 Å². The van der Waals surface area contributed by atoms with E-state index < -0.39 is 0 Å². The van der Waals surface area contributed by atoms with Gasteiger partial charge in [-0.15, -0.1) is 0 Å². The molecule has 2 nitrogen and oxygen atoms in total. The molecule has 0 N–H and O–H groups in total. The zero-order chi connectivity index (χ0) is 15.1. The third-order valence-electron chi connectivity index (χ3n) is 5.03. The van der Waals surface area contributed by atoms with Crippen molar-refractivity contribution in [2.75, 3.05) is 29.3 Å². The lowest BCUT2D eigenvalue weighted by Crippen LogP contribution is -2.48. The van der Waals surface area contributed by atoms with Gasteiger partial charge in [-0.05, 0) is 49.4 Å². The summed E-state index contributed by atoms with van der Waals surface area (Å²) in [5.41, 5.74) is 3.90. The van der Waals surface area contributed by atoms with Crippen LogP contribution >= 0.6 is 22.9 Å². The summed E-state index contributed by atoms with van der Waals surface area (Å²) in [6.45, 7) is 12.0. The monoisotopic (exact) mass is 398 g/mol. The fraction of sp³-hybridized carbons (Fsp3) is 0.667. The first-order valence-corrected chi connectivity index (χ1v) is 9.11. The molecule has 0 atom stereocenters. The average molecular weight is 398 g/mol. The van der Waals surface area contributed by atoms with Crippen molar-refractivity contribution < 1.29 is 0 Å². The summed E-state index contributed by atoms with van der Waals surface area (Å²) >= 11 is 2.47. The number of anilines is 1. The van der Waals surface area contributed by atoms with Crippen LogP contribution in [0.15, 0.2) is 24.3 Å². The Morgan fingerprint density at radius 1 is 1.05 bits per heavy atom. The summed E-state index contributed by atoms with van der Waals surface area (Å²) in [5.74, 6) is 0. The number of benzene rings is 1. The molecule has 2 aliphatic heterocycles. The predicted octanol–water partition coefficient (Wildman–Crippen LogP) is 4.63. The maximum atomic E-state index is 2.67. The number of hydrogen-bond acceptors (Lipinski definition) is 2. The second-order valence-electron chi connectivity index (χ2n) is 7.97. The highest BCUT2D eigenvalue weighted by atomic mass is 127. The lowest BCUT2D eigenvalue weighted by Gasteiger charge is -2.48. The van der Waals surface area contributed by atoms with E-state index in [1.165, 1.54) is 51.1 Å². The minimum absolute atomic E-state index is 0.411. The quantitative estimate of drug-likeness (QED) is 0.503. The molecule has 3 heteroatoms. The zero-order valence-corrected chi connectivity index (χ0v) is 15.7. The van der Waals surface area contributed by atoms with Gasteiger partial charge in [0, 0.05) is 24.2 Å². The number of hydrogen-bond donors (Lipinski definition) is 0. The fourth-order valence-corrected chi connectivity index (χ4v) is 4.69. The summed E-state index contributed by atoms with van der Waals surface area (Å²) in [5, 5.41) is 0. The first-order chi connectivity index (χ1) is 9.90. The van der Waals surface area contributed by atoms with Gasteiger partial charge in [-0.1, -0.05) is 39.0 Å². The highest BCUT2D eigenvalue weighted by Crippen LogP contribution is 2.47. The molecule has 2 aliphatic rings. The van der Waals surface area contributed by atoms with Crippen LogP contribution in [0.3, 0.4) is 0 Å². The second kappa shape index (κ2) is 5.73. The summed E-state index contributed by atoms with van der Waals surface area (Å²) in [4.78, 5) is 2.67. The van der Waals surface area contributed by atoms with E-state index in [2.05, 4.69) is 75.9 Å². The van der Waals surface area contributed by atoms with E-state index in [1.807, 2.05) is 0 Å². The van der Waals surface area contributed by atoms with Crippen molar-refractivity contribution in [3.63, 3.8) is 0 Å². The number of halogens is 1. The highest BCUT2D eigenvalue weighted by molar-refractivity contribution is 14.1. The second-order valence-corrected chi connectivity index (χ2v) is 9.13. The van der Waals surface area contributed by atoms with Crippen molar-refractivity contribution in [3.8, 4) is 0 Å². The van der Waals surface area contributed by atoms with E-state index in [4.69, 9.17) is 0 Å². The maximum absolute atomic E-state index is 2.67. The van der Waals surface area contributed by atoms with Crippen LogP contribution in [0, 0.1) is 5.41 Å². The first-order valence-electron chi connectivity index (χ1n) is 8.15. The van der Waals surface area contributed by atoms with Crippen molar-refractivity contribution in [2.24, 2.45) is 5.41 Å². The SMILES string of the molecule is CC(C)(C)CN1CCC2(CC1)CCN(I)c1ccccc12. The molecular formula is C18H27IN2. The summed E-state index contributed by atoms with van der Waals surface area (Å²) in [6.07, 6.45) is 3.96. The molecule has 0 unspecified atom stereocenters. The number of nitrogens with zero attached hydrogens (tertiary/aromatic N) is 2. The van der Waals surface area contributed by atoms with E-state index in [-0.39, 0.29) is 0 Å². The van der Waals surface area contributed by atoms with Gasteiger partial charge in [0.15, 0.2) is 0 Å². The molecule has 1 fully saturated rings. The Bertz CT molecular complexity index is 498. The van der Waals surface area contributed by atoms with Crippen molar-refractivity contribution in [2.45, 2.75) is 45.4 Å². The molecule has 0 amide bonds. The molecule has 116 valence electrons. The van der Waals surface area contributed by atoms with Crippen LogP contribution < -0.4 is 3.11 Å². The molecule has 2 heterocycles. The Morgan fingerprint density at radius 2 is 1.67 bits per heavy atom. The maximum Gasteiger partial charge on any atom is 0.0591 e. The minimum Gasteiger partial charge on any atom is -0.314 e. The number of piperidine rings is 1. The van der Waals surface area contributed by atoms with Gasteiger partial charge in [-0.3, -0.25) is 0 Å². The van der Waals surface area contributed by atoms with E-state index in [0.29, 0.717) is 10.8 Å². The minimum atomic E-state index is 0.411. The normalized spacial score (nSPS) is 22.4. The van der Waals surface area contributed by atoms with Crippen molar-refractivity contribution in [1.82, 2.24) is 4.90 Å². The molecule has 0 radical (unpaired) electrons. The smallest absolute Gasteiger partial charge is 0.0591 e. The van der Waals surface area contributed by atoms with Crippen molar-refractivity contribution in [1.29, 1.82) is 0 Å². The Labute approximate surface area is 143 Å². The van der Waals surface area contributed by atoms with Gasteiger partial charge in [0.05, 0.1) is 22.9 Å². The first kappa shape index (κ1) is 15.6. The van der Waals surface area contributed by atoms with Crippen LogP contribution in [0.2, 0.25) is 0 Å². The topological polar surface area (TPSA) is 6.48 Å². The molecule has 0 aliphatic carbocycles. The van der Waals surface area contributed by atoms with Crippen molar-refractivity contribution >= 4 is 28.6 Å². The van der Waals surface area contributed by atoms with Crippen LogP contribution in [0.1, 0.15) is 45.6 Å². The predicted molar refractivity (Wildman–Crippen MR) is 99.2 cm³/mol. The Hall–Kier alpha value is -0.290. The third kappa shape index (κ3) is 3.24. The summed E-state index contributed by atoms with van der Waals surface area (Å²) in [7, 11) is 0. The average Bonchev–Trinajstić information content (AvgIpc) is 2.44. The van der Waals surface area contributed by atoms with Gasteiger partial charge >= 0.3 is 0 Å². The molecule has 1 aromatic carbocycles. The fourth-order valence-electron chi connectivity index (χ4n) is 4.03. The van der Waals surface area contributed by atoms with Gasteiger partial charge in [0.2, 0.25) is 0 Å². The van der Waals surface area contributed by atoms with Gasteiger partial charge in [-0.25, -0.2) is 0 Å². The van der Waals surface area contributed by atoms with Gasteiger partial charge in [0.25, 0.3) is 0 Å². The van der Waals surface area contributed by atoms with Gasteiger partial charge in [-0.2, -0.15) is 0 Å². The molecular weight excluding hydrogens is 371 g/mol. The molecule has 0 saturated carbocycles. The molecule has 3 rings (SSSR count). The summed E-state index contributed by atoms with van der Waals surface area (Å²) < 4.78 is 2.40. The molecule has 1 saturated heterocycles. The highest BCUT2D eigenvalue weighted by Gasteiger charge is 2.41. The van der Waals surface area contributed by atoms with E-state index >= 15 is 0 Å². The number of rotatable bonds is 1. The third-order valence-corrected chi connectivity index (χ3v) is 6.04. The number of fused-ring (bicyclic) bond motifs is 2. The molecule has 1 spiro atoms. The van der Waals surface area contributed by atoms with E-state index in [0.717, 1.165) is 0 Å². The zero-order valence-electron chi connectivity index (χ0n) is 13.5. The van der Waals surface area contributed by atoms with Gasteiger partial charge in [0.1, 0.15) is 0 Å². The number of likely N-dealkylation sites (tertiary alicyclic amines) is 1. The lowest BCUT2D eigenvalue weighted by molar-refractivity contribution is 0.115. The molecule has 0 aromatic heterocycles. The standard InChI is InChI=1S/C18H27IN2/c1-17(2,3)14-20-11-8-18(9-12-20)10-13-21(19)16-7-5-4-6-15(16)18/h4-7H,8-14H2,1-3H3. The lowest BCUT2D eigenvalue weighted by atomic mass is 9.68. The van der Waals surface area contributed by atoms with Crippen molar-refractivity contribution in [3.05, 3.63) is 29.8 Å². The molecule has 21 heavy (non-hydrogen) atoms. The molecule has 0 bridgehead atoms. The van der Waals surface area contributed by atoms with Crippen LogP contribution in [0.25, 0.3) is 0 Å². The molecule has 1 aromatic rings. The van der Waals surface area contributed by atoms with Gasteiger partial charge < -0.3 is 8.01 Å². The largest absolute Gasteiger partial charge is 0.314 e. The van der Waals surface area contributed by atoms with E-state index in [9.17, 15) is 0 Å². The summed E-state index contributed by atoms with van der Waals surface area (Å²) in [6, 6.07) is 9.07. The van der Waals surface area contributed by atoms with Crippen LogP contribution in [0.4, 0.5) is 5.69 Å². The van der Waals surface area contributed by atoms with E-state index in [1.54, 1.807) is 5.56 Å². The number of para-hydroxylation sites is 1. The Balaban J connectivity index is 1.78. The Morgan fingerprint density at radius 3 is 2.33 bits per heavy atom. The Kier molecular flexibility index (Phi) is 4.25.